The molecule has 174 valence electrons. The minimum atomic E-state index is -0.197. The van der Waals surface area contributed by atoms with E-state index in [4.69, 9.17) is 4.74 Å². The number of fused-ring (bicyclic) bond motifs is 1. The number of carbonyl (C=O) groups is 2. The Morgan fingerprint density at radius 2 is 1.71 bits per heavy atom. The second kappa shape index (κ2) is 10.8. The number of benzene rings is 3. The van der Waals surface area contributed by atoms with Crippen LogP contribution in [0.2, 0.25) is 0 Å². The molecule has 0 aliphatic carbocycles. The van der Waals surface area contributed by atoms with Crippen LogP contribution >= 0.6 is 11.8 Å². The van der Waals surface area contributed by atoms with Crippen LogP contribution in [0.1, 0.15) is 12.7 Å². The number of methoxy groups -OCH3 is 1. The lowest BCUT2D eigenvalue weighted by atomic mass is 10.1. The lowest BCUT2D eigenvalue weighted by Gasteiger charge is -2.10. The fourth-order valence-corrected chi connectivity index (χ4v) is 4.37. The molecule has 0 fully saturated rings. The summed E-state index contributed by atoms with van der Waals surface area (Å²) in [6.45, 7) is 2.54. The number of ether oxygens (including phenoxy) is 1. The second-order valence-corrected chi connectivity index (χ2v) is 8.40. The SMILES string of the molecule is CCn1c(CC(=O)Nc2ccc(OC)cc2)nnc1SCC(=O)Nc1cccc2ccccc12. The van der Waals surface area contributed by atoms with E-state index in [9.17, 15) is 9.59 Å². The summed E-state index contributed by atoms with van der Waals surface area (Å²) >= 11 is 1.29. The molecule has 0 unspecified atom stereocenters. The van der Waals surface area contributed by atoms with Crippen molar-refractivity contribution in [3.8, 4) is 5.75 Å². The van der Waals surface area contributed by atoms with Gasteiger partial charge in [0.25, 0.3) is 0 Å². The Hall–Kier alpha value is -3.85. The molecule has 0 saturated heterocycles. The van der Waals surface area contributed by atoms with Crippen LogP contribution in [0, 0.1) is 0 Å². The molecule has 0 aliphatic rings. The maximum absolute atomic E-state index is 12.6. The van der Waals surface area contributed by atoms with E-state index in [0.29, 0.717) is 23.2 Å². The van der Waals surface area contributed by atoms with Crippen molar-refractivity contribution in [1.82, 2.24) is 14.8 Å². The fourth-order valence-electron chi connectivity index (χ4n) is 3.55. The zero-order valence-electron chi connectivity index (χ0n) is 18.9. The van der Waals surface area contributed by atoms with Gasteiger partial charge >= 0.3 is 0 Å². The number of anilines is 2. The van der Waals surface area contributed by atoms with Gasteiger partial charge in [-0.15, -0.1) is 10.2 Å². The predicted octanol–water partition coefficient (Wildman–Crippen LogP) is 4.37. The molecule has 1 aromatic heterocycles. The largest absolute Gasteiger partial charge is 0.497 e. The molecule has 4 aromatic rings. The smallest absolute Gasteiger partial charge is 0.234 e. The normalized spacial score (nSPS) is 10.8. The quantitative estimate of drug-likeness (QED) is 0.349. The first-order chi connectivity index (χ1) is 16.6. The summed E-state index contributed by atoms with van der Waals surface area (Å²) < 4.78 is 6.98. The highest BCUT2D eigenvalue weighted by Gasteiger charge is 2.16. The first-order valence-corrected chi connectivity index (χ1v) is 11.8. The monoisotopic (exact) mass is 475 g/mol. The molecule has 0 bridgehead atoms. The number of aromatic nitrogens is 3. The van der Waals surface area contributed by atoms with Gasteiger partial charge in [-0.05, 0) is 42.6 Å². The standard InChI is InChI=1S/C25H25N5O3S/c1-3-30-22(15-23(31)26-18-11-13-19(33-2)14-12-18)28-29-25(30)34-16-24(32)27-21-10-6-8-17-7-4-5-9-20(17)21/h4-14H,3,15-16H2,1-2H3,(H,26,31)(H,27,32). The number of nitrogens with zero attached hydrogens (tertiary/aromatic N) is 3. The van der Waals surface area contributed by atoms with Gasteiger partial charge in [-0.1, -0.05) is 48.2 Å². The van der Waals surface area contributed by atoms with E-state index < -0.39 is 0 Å². The van der Waals surface area contributed by atoms with Crippen LogP contribution in [0.5, 0.6) is 5.75 Å². The van der Waals surface area contributed by atoms with Crippen molar-refractivity contribution < 1.29 is 14.3 Å². The van der Waals surface area contributed by atoms with E-state index in [1.165, 1.54) is 11.8 Å². The number of rotatable bonds is 9. The van der Waals surface area contributed by atoms with Gasteiger partial charge in [0, 0.05) is 23.3 Å². The summed E-state index contributed by atoms with van der Waals surface area (Å²) in [4.78, 5) is 25.1. The maximum atomic E-state index is 12.6. The molecule has 9 heteroatoms. The number of amides is 2. The van der Waals surface area contributed by atoms with Crippen molar-refractivity contribution in [2.75, 3.05) is 23.5 Å². The molecule has 0 atom stereocenters. The average molecular weight is 476 g/mol. The van der Waals surface area contributed by atoms with Gasteiger partial charge in [0.15, 0.2) is 5.16 Å². The summed E-state index contributed by atoms with van der Waals surface area (Å²) in [5, 5.41) is 16.9. The highest BCUT2D eigenvalue weighted by molar-refractivity contribution is 7.99. The van der Waals surface area contributed by atoms with E-state index >= 15 is 0 Å². The summed E-state index contributed by atoms with van der Waals surface area (Å²) in [7, 11) is 1.59. The number of hydrogen-bond acceptors (Lipinski definition) is 6. The van der Waals surface area contributed by atoms with Crippen LogP contribution in [0.3, 0.4) is 0 Å². The lowest BCUT2D eigenvalue weighted by Crippen LogP contribution is -2.18. The van der Waals surface area contributed by atoms with Gasteiger partial charge in [0.2, 0.25) is 11.8 Å². The molecule has 0 saturated carbocycles. The summed E-state index contributed by atoms with van der Waals surface area (Å²) in [5.74, 6) is 1.11. The van der Waals surface area contributed by atoms with Gasteiger partial charge in [-0.2, -0.15) is 0 Å². The lowest BCUT2D eigenvalue weighted by molar-refractivity contribution is -0.116. The topological polar surface area (TPSA) is 98.1 Å². The molecule has 4 rings (SSSR count). The Morgan fingerprint density at radius 1 is 0.941 bits per heavy atom. The van der Waals surface area contributed by atoms with Gasteiger partial charge in [-0.3, -0.25) is 9.59 Å². The van der Waals surface area contributed by atoms with E-state index in [2.05, 4.69) is 20.8 Å². The highest BCUT2D eigenvalue weighted by Crippen LogP contribution is 2.24. The van der Waals surface area contributed by atoms with Crippen LogP contribution in [-0.4, -0.2) is 39.4 Å². The van der Waals surface area contributed by atoms with Crippen LogP contribution in [0.4, 0.5) is 11.4 Å². The molecule has 0 spiro atoms. The Morgan fingerprint density at radius 3 is 2.47 bits per heavy atom. The maximum Gasteiger partial charge on any atom is 0.234 e. The second-order valence-electron chi connectivity index (χ2n) is 7.46. The third kappa shape index (κ3) is 5.55. The van der Waals surface area contributed by atoms with Crippen molar-refractivity contribution in [2.24, 2.45) is 0 Å². The Balaban J connectivity index is 1.36. The summed E-state index contributed by atoms with van der Waals surface area (Å²) in [5.41, 5.74) is 1.45. The van der Waals surface area contributed by atoms with Gasteiger partial charge in [0.05, 0.1) is 19.3 Å². The van der Waals surface area contributed by atoms with Gasteiger partial charge in [0.1, 0.15) is 11.6 Å². The van der Waals surface area contributed by atoms with Crippen molar-refractivity contribution in [2.45, 2.75) is 25.0 Å². The average Bonchev–Trinajstić information content (AvgIpc) is 3.24. The van der Waals surface area contributed by atoms with Gasteiger partial charge in [-0.25, -0.2) is 0 Å². The minimum absolute atomic E-state index is 0.0790. The van der Waals surface area contributed by atoms with E-state index in [1.54, 1.807) is 31.4 Å². The number of hydrogen-bond donors (Lipinski definition) is 2. The number of thioether (sulfide) groups is 1. The summed E-state index contributed by atoms with van der Waals surface area (Å²) in [6.07, 6.45) is 0.0790. The molecule has 3 aromatic carbocycles. The predicted molar refractivity (Wildman–Crippen MR) is 134 cm³/mol. The van der Waals surface area contributed by atoms with E-state index in [-0.39, 0.29) is 24.0 Å². The fraction of sp³-hybridized carbons (Fsp3) is 0.200. The first kappa shape index (κ1) is 23.3. The highest BCUT2D eigenvalue weighted by atomic mass is 32.2. The Bertz CT molecular complexity index is 1300. The van der Waals surface area contributed by atoms with E-state index in [1.807, 2.05) is 54.0 Å². The molecule has 34 heavy (non-hydrogen) atoms. The molecule has 1 heterocycles. The van der Waals surface area contributed by atoms with Crippen LogP contribution in [0.15, 0.2) is 71.9 Å². The third-order valence-electron chi connectivity index (χ3n) is 5.20. The number of nitrogens with one attached hydrogen (secondary N) is 2. The molecule has 2 amide bonds. The summed E-state index contributed by atoms with van der Waals surface area (Å²) in [6, 6.07) is 20.8. The molecular formula is C25H25N5O3S. The zero-order chi connectivity index (χ0) is 23.9. The van der Waals surface area contributed by atoms with Crippen molar-refractivity contribution >= 4 is 45.7 Å². The number of carbonyl (C=O) groups excluding carboxylic acids is 2. The molecule has 8 nitrogen and oxygen atoms in total. The van der Waals surface area contributed by atoms with E-state index in [0.717, 1.165) is 22.2 Å². The first-order valence-electron chi connectivity index (χ1n) is 10.8. The molecular weight excluding hydrogens is 450 g/mol. The van der Waals surface area contributed by atoms with Crippen LogP contribution in [0.25, 0.3) is 10.8 Å². The van der Waals surface area contributed by atoms with Gasteiger partial charge < -0.3 is 19.9 Å². The van der Waals surface area contributed by atoms with Crippen molar-refractivity contribution in [3.05, 3.63) is 72.6 Å². The third-order valence-corrected chi connectivity index (χ3v) is 6.16. The molecule has 0 aliphatic heterocycles. The minimum Gasteiger partial charge on any atom is -0.497 e. The Kier molecular flexibility index (Phi) is 7.44. The van der Waals surface area contributed by atoms with Crippen molar-refractivity contribution in [1.29, 1.82) is 0 Å². The zero-order valence-corrected chi connectivity index (χ0v) is 19.8. The molecule has 2 N–H and O–H groups in total. The Labute approximate surface area is 201 Å². The van der Waals surface area contributed by atoms with Crippen LogP contribution < -0.4 is 15.4 Å². The molecule has 0 radical (unpaired) electrons. The van der Waals surface area contributed by atoms with Crippen LogP contribution in [-0.2, 0) is 22.6 Å². The van der Waals surface area contributed by atoms with Crippen molar-refractivity contribution in [3.63, 3.8) is 0 Å².